The minimum absolute atomic E-state index is 0.119. The molecular formula is C19H14F4N4OS. The average Bonchev–Trinajstić information content (AvgIpc) is 3.46. The number of hydrogen-bond acceptors (Lipinski definition) is 4. The van der Waals surface area contributed by atoms with Gasteiger partial charge in [-0.15, -0.1) is 10.2 Å². The van der Waals surface area contributed by atoms with Gasteiger partial charge in [-0.05, 0) is 37.1 Å². The number of hydrogen-bond donors (Lipinski definition) is 1. The maximum Gasteiger partial charge on any atom is 0.234 e. The van der Waals surface area contributed by atoms with Crippen LogP contribution in [0.3, 0.4) is 0 Å². The van der Waals surface area contributed by atoms with Gasteiger partial charge in [0.2, 0.25) is 5.91 Å². The summed E-state index contributed by atoms with van der Waals surface area (Å²) in [6.45, 7) is 0. The molecule has 0 saturated heterocycles. The molecule has 0 spiro atoms. The molecule has 1 aromatic heterocycles. The lowest BCUT2D eigenvalue weighted by Gasteiger charge is -2.10. The summed E-state index contributed by atoms with van der Waals surface area (Å²) in [4.78, 5) is 12.1. The average molecular weight is 422 g/mol. The third kappa shape index (κ3) is 3.98. The minimum Gasteiger partial charge on any atom is -0.323 e. The van der Waals surface area contributed by atoms with Crippen molar-refractivity contribution < 1.29 is 22.4 Å². The first-order valence-electron chi connectivity index (χ1n) is 8.71. The Morgan fingerprint density at radius 3 is 2.52 bits per heavy atom. The van der Waals surface area contributed by atoms with E-state index >= 15 is 0 Å². The molecule has 1 aliphatic rings. The van der Waals surface area contributed by atoms with Crippen LogP contribution in [0.1, 0.15) is 18.9 Å². The zero-order valence-corrected chi connectivity index (χ0v) is 15.6. The first kappa shape index (κ1) is 19.4. The maximum absolute atomic E-state index is 14.2. The number of anilines is 1. The smallest absolute Gasteiger partial charge is 0.234 e. The fourth-order valence-corrected chi connectivity index (χ4v) is 3.61. The van der Waals surface area contributed by atoms with E-state index in [0.717, 1.165) is 36.7 Å². The van der Waals surface area contributed by atoms with Crippen molar-refractivity contribution in [3.8, 4) is 11.4 Å². The van der Waals surface area contributed by atoms with Crippen LogP contribution in [0.5, 0.6) is 0 Å². The highest BCUT2D eigenvalue weighted by molar-refractivity contribution is 7.99. The van der Waals surface area contributed by atoms with Gasteiger partial charge >= 0.3 is 0 Å². The Morgan fingerprint density at radius 2 is 1.79 bits per heavy atom. The summed E-state index contributed by atoms with van der Waals surface area (Å²) < 4.78 is 55.9. The van der Waals surface area contributed by atoms with E-state index in [-0.39, 0.29) is 11.8 Å². The number of carbonyl (C=O) groups is 1. The van der Waals surface area contributed by atoms with E-state index in [2.05, 4.69) is 15.5 Å². The van der Waals surface area contributed by atoms with E-state index in [9.17, 15) is 22.4 Å². The SMILES string of the molecule is O=C(CSc1nnc(-c2ccccc2F)n1C1CC1)Nc1ccc(F)c(F)c1F. The zero-order chi connectivity index (χ0) is 20.5. The largest absolute Gasteiger partial charge is 0.323 e. The molecule has 0 unspecified atom stereocenters. The number of rotatable bonds is 6. The summed E-state index contributed by atoms with van der Waals surface area (Å²) in [5, 5.41) is 10.8. The van der Waals surface area contributed by atoms with Crippen LogP contribution in [0.25, 0.3) is 11.4 Å². The van der Waals surface area contributed by atoms with Gasteiger partial charge in [0.25, 0.3) is 0 Å². The molecule has 29 heavy (non-hydrogen) atoms. The topological polar surface area (TPSA) is 59.8 Å². The van der Waals surface area contributed by atoms with Crippen LogP contribution in [0.2, 0.25) is 0 Å². The first-order valence-corrected chi connectivity index (χ1v) is 9.70. The van der Waals surface area contributed by atoms with Gasteiger partial charge in [0.15, 0.2) is 28.4 Å². The number of benzene rings is 2. The Morgan fingerprint density at radius 1 is 1.03 bits per heavy atom. The predicted octanol–water partition coefficient (Wildman–Crippen LogP) is 4.57. The van der Waals surface area contributed by atoms with Gasteiger partial charge < -0.3 is 5.32 Å². The van der Waals surface area contributed by atoms with E-state index in [1.165, 1.54) is 6.07 Å². The summed E-state index contributed by atoms with van der Waals surface area (Å²) in [5.74, 6) is -5.30. The summed E-state index contributed by atoms with van der Waals surface area (Å²) >= 11 is 1.04. The molecule has 4 rings (SSSR count). The number of halogens is 4. The van der Waals surface area contributed by atoms with Gasteiger partial charge in [0.05, 0.1) is 17.0 Å². The fourth-order valence-electron chi connectivity index (χ4n) is 2.80. The molecule has 1 fully saturated rings. The first-order chi connectivity index (χ1) is 14.0. The molecule has 1 aliphatic carbocycles. The van der Waals surface area contributed by atoms with E-state index in [1.54, 1.807) is 22.8 Å². The third-order valence-electron chi connectivity index (χ3n) is 4.33. The molecule has 0 atom stereocenters. The normalized spacial score (nSPS) is 13.5. The van der Waals surface area contributed by atoms with Gasteiger partial charge in [0, 0.05) is 6.04 Å². The second-order valence-corrected chi connectivity index (χ2v) is 7.39. The molecule has 2 aromatic carbocycles. The quantitative estimate of drug-likeness (QED) is 0.359. The molecule has 1 amide bonds. The molecule has 1 saturated carbocycles. The molecular weight excluding hydrogens is 408 g/mol. The van der Waals surface area contributed by atoms with Crippen LogP contribution in [0.15, 0.2) is 41.6 Å². The Labute approximate surface area is 167 Å². The number of carbonyl (C=O) groups excluding carboxylic acids is 1. The van der Waals surface area contributed by atoms with Crippen molar-refractivity contribution >= 4 is 23.4 Å². The third-order valence-corrected chi connectivity index (χ3v) is 5.28. The van der Waals surface area contributed by atoms with Crippen LogP contribution in [0.4, 0.5) is 23.2 Å². The molecule has 150 valence electrons. The molecule has 5 nitrogen and oxygen atoms in total. The molecule has 0 bridgehead atoms. The standard InChI is InChI=1S/C19H14F4N4OS/c20-12-4-2-1-3-11(12)18-25-26-19(27(18)10-5-6-10)29-9-15(28)24-14-8-7-13(21)16(22)17(14)23/h1-4,7-8,10H,5-6,9H2,(H,24,28). The van der Waals surface area contributed by atoms with Crippen molar-refractivity contribution in [1.29, 1.82) is 0 Å². The zero-order valence-electron chi connectivity index (χ0n) is 14.8. The van der Waals surface area contributed by atoms with Crippen LogP contribution < -0.4 is 5.32 Å². The van der Waals surface area contributed by atoms with Crippen LogP contribution in [-0.2, 0) is 4.79 Å². The Balaban J connectivity index is 1.50. The van der Waals surface area contributed by atoms with Crippen molar-refractivity contribution in [3.63, 3.8) is 0 Å². The van der Waals surface area contributed by atoms with Gasteiger partial charge in [0.1, 0.15) is 5.82 Å². The predicted molar refractivity (Wildman–Crippen MR) is 99.4 cm³/mol. The van der Waals surface area contributed by atoms with E-state index in [1.807, 2.05) is 0 Å². The lowest BCUT2D eigenvalue weighted by atomic mass is 10.2. The van der Waals surface area contributed by atoms with Gasteiger partial charge in [-0.2, -0.15) is 0 Å². The molecule has 3 aromatic rings. The molecule has 0 aliphatic heterocycles. The highest BCUT2D eigenvalue weighted by Crippen LogP contribution is 2.41. The van der Waals surface area contributed by atoms with Gasteiger partial charge in [-0.25, -0.2) is 17.6 Å². The maximum atomic E-state index is 14.2. The van der Waals surface area contributed by atoms with Crippen molar-refractivity contribution in [2.45, 2.75) is 24.0 Å². The summed E-state index contributed by atoms with van der Waals surface area (Å²) in [5.41, 5.74) is -0.141. The van der Waals surface area contributed by atoms with Crippen LogP contribution >= 0.6 is 11.8 Å². The Hall–Kier alpha value is -2.88. The van der Waals surface area contributed by atoms with E-state index < -0.39 is 34.9 Å². The number of nitrogens with one attached hydrogen (secondary N) is 1. The Bertz CT molecular complexity index is 1080. The molecule has 1 heterocycles. The summed E-state index contributed by atoms with van der Waals surface area (Å²) in [6, 6.07) is 8.00. The highest BCUT2D eigenvalue weighted by atomic mass is 32.2. The summed E-state index contributed by atoms with van der Waals surface area (Å²) in [6.07, 6.45) is 1.78. The van der Waals surface area contributed by atoms with Crippen molar-refractivity contribution in [1.82, 2.24) is 14.8 Å². The Kier molecular flexibility index (Phi) is 5.27. The molecule has 0 radical (unpaired) electrons. The second kappa shape index (κ2) is 7.86. The number of nitrogens with zero attached hydrogens (tertiary/aromatic N) is 3. The molecule has 1 N–H and O–H groups in total. The van der Waals surface area contributed by atoms with Crippen molar-refractivity contribution in [2.75, 3.05) is 11.1 Å². The molecule has 10 heteroatoms. The monoisotopic (exact) mass is 422 g/mol. The van der Waals surface area contributed by atoms with Crippen molar-refractivity contribution in [3.05, 3.63) is 59.7 Å². The lowest BCUT2D eigenvalue weighted by molar-refractivity contribution is -0.113. The van der Waals surface area contributed by atoms with Gasteiger partial charge in [-0.1, -0.05) is 23.9 Å². The van der Waals surface area contributed by atoms with E-state index in [0.29, 0.717) is 16.5 Å². The second-order valence-electron chi connectivity index (χ2n) is 6.45. The van der Waals surface area contributed by atoms with Crippen molar-refractivity contribution in [2.24, 2.45) is 0 Å². The van der Waals surface area contributed by atoms with E-state index in [4.69, 9.17) is 0 Å². The number of thioether (sulfide) groups is 1. The highest BCUT2D eigenvalue weighted by Gasteiger charge is 2.31. The lowest BCUT2D eigenvalue weighted by Crippen LogP contribution is -2.16. The minimum atomic E-state index is -1.65. The van der Waals surface area contributed by atoms with Gasteiger partial charge in [-0.3, -0.25) is 9.36 Å². The van der Waals surface area contributed by atoms with Crippen LogP contribution in [-0.4, -0.2) is 26.4 Å². The van der Waals surface area contributed by atoms with Crippen LogP contribution in [0, 0.1) is 23.3 Å². The summed E-state index contributed by atoms with van der Waals surface area (Å²) in [7, 11) is 0. The number of amides is 1. The number of aromatic nitrogens is 3. The fraction of sp³-hybridized carbons (Fsp3) is 0.211.